The van der Waals surface area contributed by atoms with E-state index < -0.39 is 10.0 Å². The summed E-state index contributed by atoms with van der Waals surface area (Å²) in [5.74, 6) is 1.14. The Labute approximate surface area is 125 Å². The Bertz CT molecular complexity index is 528. The first-order valence-corrected chi connectivity index (χ1v) is 8.79. The molecule has 1 aliphatic rings. The highest BCUT2D eigenvalue weighted by Crippen LogP contribution is 2.28. The molecule has 1 aromatic rings. The van der Waals surface area contributed by atoms with Gasteiger partial charge in [-0.15, -0.1) is 11.6 Å². The zero-order chi connectivity index (χ0) is 14.6. The molecule has 0 aliphatic carbocycles. The molecule has 0 bridgehead atoms. The van der Waals surface area contributed by atoms with Gasteiger partial charge in [0.25, 0.3) is 0 Å². The zero-order valence-electron chi connectivity index (χ0n) is 11.6. The molecule has 0 spiro atoms. The van der Waals surface area contributed by atoms with Crippen molar-refractivity contribution >= 4 is 21.6 Å². The molecule has 0 radical (unpaired) electrons. The average Bonchev–Trinajstić information content (AvgIpc) is 2.48. The minimum absolute atomic E-state index is 0.0216. The third kappa shape index (κ3) is 3.27. The monoisotopic (exact) mass is 317 g/mol. The van der Waals surface area contributed by atoms with Gasteiger partial charge in [0, 0.05) is 18.5 Å². The SMILES string of the molecule is COc1ccc(S(=O)(=O)N2CCCCC2CCCl)cc1. The van der Waals surface area contributed by atoms with Gasteiger partial charge in [0.05, 0.1) is 12.0 Å². The normalized spacial score (nSPS) is 20.8. The van der Waals surface area contributed by atoms with E-state index in [2.05, 4.69) is 0 Å². The van der Waals surface area contributed by atoms with Crippen LogP contribution >= 0.6 is 11.6 Å². The van der Waals surface area contributed by atoms with Crippen molar-refractivity contribution in [3.8, 4) is 5.75 Å². The average molecular weight is 318 g/mol. The molecule has 1 heterocycles. The third-order valence-electron chi connectivity index (χ3n) is 3.68. The fraction of sp³-hybridized carbons (Fsp3) is 0.571. The number of alkyl halides is 1. The van der Waals surface area contributed by atoms with Gasteiger partial charge in [0.2, 0.25) is 10.0 Å². The molecule has 1 aliphatic heterocycles. The van der Waals surface area contributed by atoms with E-state index in [1.54, 1.807) is 35.7 Å². The lowest BCUT2D eigenvalue weighted by Crippen LogP contribution is -2.43. The number of methoxy groups -OCH3 is 1. The first-order chi connectivity index (χ1) is 9.59. The highest BCUT2D eigenvalue weighted by molar-refractivity contribution is 7.89. The fourth-order valence-corrected chi connectivity index (χ4v) is 4.56. The van der Waals surface area contributed by atoms with E-state index >= 15 is 0 Å². The van der Waals surface area contributed by atoms with E-state index in [0.29, 0.717) is 29.5 Å². The van der Waals surface area contributed by atoms with Crippen LogP contribution in [0.5, 0.6) is 5.75 Å². The molecule has 1 saturated heterocycles. The van der Waals surface area contributed by atoms with Crippen LogP contribution in [-0.2, 0) is 10.0 Å². The van der Waals surface area contributed by atoms with Crippen LogP contribution in [0.2, 0.25) is 0 Å². The van der Waals surface area contributed by atoms with Gasteiger partial charge in [-0.3, -0.25) is 0 Å². The lowest BCUT2D eigenvalue weighted by atomic mass is 10.0. The van der Waals surface area contributed by atoms with Crippen molar-refractivity contribution in [3.63, 3.8) is 0 Å². The number of rotatable bonds is 5. The molecule has 1 atom stereocenters. The Morgan fingerprint density at radius 3 is 2.60 bits per heavy atom. The molecular weight excluding hydrogens is 298 g/mol. The summed E-state index contributed by atoms with van der Waals surface area (Å²) >= 11 is 5.80. The molecule has 112 valence electrons. The summed E-state index contributed by atoms with van der Waals surface area (Å²) < 4.78 is 32.1. The van der Waals surface area contributed by atoms with Crippen molar-refractivity contribution < 1.29 is 13.2 Å². The van der Waals surface area contributed by atoms with Crippen LogP contribution in [0, 0.1) is 0 Å². The van der Waals surface area contributed by atoms with Crippen molar-refractivity contribution in [2.45, 2.75) is 36.6 Å². The van der Waals surface area contributed by atoms with Crippen molar-refractivity contribution in [1.29, 1.82) is 0 Å². The summed E-state index contributed by atoms with van der Waals surface area (Å²) in [4.78, 5) is 0.319. The van der Waals surface area contributed by atoms with Crippen molar-refractivity contribution in [1.82, 2.24) is 4.31 Å². The minimum atomic E-state index is -3.44. The number of halogens is 1. The Hall–Kier alpha value is -0.780. The predicted octanol–water partition coefficient (Wildman–Crippen LogP) is 2.87. The largest absolute Gasteiger partial charge is 0.497 e. The summed E-state index contributed by atoms with van der Waals surface area (Å²) in [6, 6.07) is 6.57. The maximum atomic E-state index is 12.7. The molecule has 6 heteroatoms. The number of ether oxygens (including phenoxy) is 1. The molecule has 0 amide bonds. The number of piperidine rings is 1. The number of hydrogen-bond donors (Lipinski definition) is 0. The van der Waals surface area contributed by atoms with Crippen LogP contribution in [0.3, 0.4) is 0 Å². The second kappa shape index (κ2) is 6.78. The van der Waals surface area contributed by atoms with Gasteiger partial charge in [-0.1, -0.05) is 6.42 Å². The van der Waals surface area contributed by atoms with Gasteiger partial charge >= 0.3 is 0 Å². The van der Waals surface area contributed by atoms with Crippen LogP contribution < -0.4 is 4.74 Å². The molecule has 20 heavy (non-hydrogen) atoms. The maximum Gasteiger partial charge on any atom is 0.243 e. The van der Waals surface area contributed by atoms with Crippen molar-refractivity contribution in [2.24, 2.45) is 0 Å². The highest BCUT2D eigenvalue weighted by atomic mass is 35.5. The quantitative estimate of drug-likeness (QED) is 0.785. The Morgan fingerprint density at radius 1 is 1.30 bits per heavy atom. The van der Waals surface area contributed by atoms with Gasteiger partial charge < -0.3 is 4.74 Å². The lowest BCUT2D eigenvalue weighted by molar-refractivity contribution is 0.247. The first kappa shape index (κ1) is 15.6. The second-order valence-electron chi connectivity index (χ2n) is 4.92. The first-order valence-electron chi connectivity index (χ1n) is 6.81. The molecule has 1 unspecified atom stereocenters. The summed E-state index contributed by atoms with van der Waals surface area (Å²) in [6.45, 7) is 0.579. The molecule has 1 aromatic carbocycles. The van der Waals surface area contributed by atoms with Crippen LogP contribution in [0.25, 0.3) is 0 Å². The standard InChI is InChI=1S/C14H20ClNO3S/c1-19-13-5-7-14(8-6-13)20(17,18)16-11-3-2-4-12(16)9-10-15/h5-8,12H,2-4,9-11H2,1H3. The zero-order valence-corrected chi connectivity index (χ0v) is 13.2. The molecular formula is C14H20ClNO3S. The van der Waals surface area contributed by atoms with Gasteiger partial charge in [-0.2, -0.15) is 4.31 Å². The molecule has 4 nitrogen and oxygen atoms in total. The van der Waals surface area contributed by atoms with E-state index in [-0.39, 0.29) is 6.04 Å². The Balaban J connectivity index is 2.26. The van der Waals surface area contributed by atoms with Gasteiger partial charge in [-0.05, 0) is 43.5 Å². The van der Waals surface area contributed by atoms with Gasteiger partial charge in [0.1, 0.15) is 5.75 Å². The Morgan fingerprint density at radius 2 is 2.00 bits per heavy atom. The van der Waals surface area contributed by atoms with E-state index in [4.69, 9.17) is 16.3 Å². The van der Waals surface area contributed by atoms with Crippen molar-refractivity contribution in [3.05, 3.63) is 24.3 Å². The molecule has 2 rings (SSSR count). The smallest absolute Gasteiger partial charge is 0.243 e. The van der Waals surface area contributed by atoms with E-state index in [0.717, 1.165) is 19.3 Å². The Kier molecular flexibility index (Phi) is 5.29. The molecule has 1 fully saturated rings. The van der Waals surface area contributed by atoms with E-state index in [1.165, 1.54) is 0 Å². The van der Waals surface area contributed by atoms with E-state index in [9.17, 15) is 8.42 Å². The van der Waals surface area contributed by atoms with Crippen LogP contribution in [-0.4, -0.2) is 38.3 Å². The highest BCUT2D eigenvalue weighted by Gasteiger charge is 2.32. The van der Waals surface area contributed by atoms with Crippen molar-refractivity contribution in [2.75, 3.05) is 19.5 Å². The summed E-state index contributed by atoms with van der Waals surface area (Å²) in [5, 5.41) is 0. The lowest BCUT2D eigenvalue weighted by Gasteiger charge is -2.34. The van der Waals surface area contributed by atoms with Crippen LogP contribution in [0.4, 0.5) is 0 Å². The summed E-state index contributed by atoms with van der Waals surface area (Å²) in [6.07, 6.45) is 3.57. The molecule has 0 aromatic heterocycles. The number of sulfonamides is 1. The van der Waals surface area contributed by atoms with Crippen LogP contribution in [0.15, 0.2) is 29.2 Å². The molecule has 0 N–H and O–H groups in total. The maximum absolute atomic E-state index is 12.7. The topological polar surface area (TPSA) is 46.6 Å². The van der Waals surface area contributed by atoms with Gasteiger partial charge in [0.15, 0.2) is 0 Å². The summed E-state index contributed by atoms with van der Waals surface area (Å²) in [7, 11) is -1.88. The fourth-order valence-electron chi connectivity index (χ4n) is 2.59. The third-order valence-corrected chi connectivity index (χ3v) is 5.87. The van der Waals surface area contributed by atoms with Gasteiger partial charge in [-0.25, -0.2) is 8.42 Å². The summed E-state index contributed by atoms with van der Waals surface area (Å²) in [5.41, 5.74) is 0. The molecule has 0 saturated carbocycles. The second-order valence-corrected chi connectivity index (χ2v) is 7.19. The van der Waals surface area contributed by atoms with Crippen LogP contribution in [0.1, 0.15) is 25.7 Å². The van der Waals surface area contributed by atoms with E-state index in [1.807, 2.05) is 0 Å². The number of nitrogens with zero attached hydrogens (tertiary/aromatic N) is 1. The predicted molar refractivity (Wildman–Crippen MR) is 79.9 cm³/mol. The minimum Gasteiger partial charge on any atom is -0.497 e. The number of hydrogen-bond acceptors (Lipinski definition) is 3. The number of benzene rings is 1.